The Labute approximate surface area is 115 Å². The van der Waals surface area contributed by atoms with Crippen LogP contribution in [-0.4, -0.2) is 38.3 Å². The molecule has 0 unspecified atom stereocenters. The van der Waals surface area contributed by atoms with Gasteiger partial charge >= 0.3 is 0 Å². The number of carbonyl (C=O) groups is 1. The van der Waals surface area contributed by atoms with Gasteiger partial charge in [0, 0.05) is 38.5 Å². The fraction of sp³-hybridized carbons (Fsp3) is 0.533. The maximum atomic E-state index is 12.0. The van der Waals surface area contributed by atoms with Crippen LogP contribution in [0.25, 0.3) is 0 Å². The van der Waals surface area contributed by atoms with Gasteiger partial charge in [0.1, 0.15) is 0 Å². The molecule has 19 heavy (non-hydrogen) atoms. The third-order valence-electron chi connectivity index (χ3n) is 3.16. The van der Waals surface area contributed by atoms with Crippen molar-refractivity contribution in [1.29, 1.82) is 0 Å². The highest BCUT2D eigenvalue weighted by Gasteiger charge is 2.18. The van der Waals surface area contributed by atoms with Crippen LogP contribution in [0.5, 0.6) is 0 Å². The molecule has 1 aromatic carbocycles. The topological polar surface area (TPSA) is 52.6 Å². The first-order valence-corrected chi connectivity index (χ1v) is 6.52. The Hall–Kier alpha value is -1.55. The van der Waals surface area contributed by atoms with E-state index in [4.69, 9.17) is 5.11 Å². The number of anilines is 1. The first kappa shape index (κ1) is 15.5. The number of hydrogen-bond donors (Lipinski definition) is 2. The number of benzene rings is 1. The summed E-state index contributed by atoms with van der Waals surface area (Å²) in [6, 6.07) is 7.50. The summed E-state index contributed by atoms with van der Waals surface area (Å²) in [5, 5.41) is 11.9. The predicted octanol–water partition coefficient (Wildman–Crippen LogP) is 1.89. The summed E-state index contributed by atoms with van der Waals surface area (Å²) >= 11 is 0. The SMILES string of the molecule is CN(C)c1ccc(C(=O)NCC(C)(C)CCO)cc1. The zero-order valence-electron chi connectivity index (χ0n) is 12.2. The number of rotatable bonds is 6. The molecule has 0 heterocycles. The van der Waals surface area contributed by atoms with Crippen molar-refractivity contribution >= 4 is 11.6 Å². The van der Waals surface area contributed by atoms with Gasteiger partial charge in [0.25, 0.3) is 5.91 Å². The Balaban J connectivity index is 2.59. The van der Waals surface area contributed by atoms with E-state index in [1.54, 1.807) is 0 Å². The molecule has 0 spiro atoms. The van der Waals surface area contributed by atoms with Gasteiger partial charge in [-0.2, -0.15) is 0 Å². The molecule has 106 valence electrons. The fourth-order valence-electron chi connectivity index (χ4n) is 1.72. The molecule has 0 saturated heterocycles. The molecule has 4 heteroatoms. The highest BCUT2D eigenvalue weighted by molar-refractivity contribution is 5.94. The van der Waals surface area contributed by atoms with Crippen LogP contribution in [0.4, 0.5) is 5.69 Å². The molecule has 0 aliphatic carbocycles. The lowest BCUT2D eigenvalue weighted by molar-refractivity contribution is 0.0928. The molecule has 2 N–H and O–H groups in total. The minimum atomic E-state index is -0.0893. The average molecular weight is 264 g/mol. The molecule has 4 nitrogen and oxygen atoms in total. The average Bonchev–Trinajstić information content (AvgIpc) is 2.36. The lowest BCUT2D eigenvalue weighted by Gasteiger charge is -2.23. The minimum absolute atomic E-state index is 0.0729. The second kappa shape index (κ2) is 6.57. The van der Waals surface area contributed by atoms with Crippen LogP contribution >= 0.6 is 0 Å². The molecule has 1 rings (SSSR count). The molecule has 1 amide bonds. The van der Waals surface area contributed by atoms with Gasteiger partial charge in [-0.15, -0.1) is 0 Å². The van der Waals surface area contributed by atoms with Gasteiger partial charge in [0.05, 0.1) is 0 Å². The van der Waals surface area contributed by atoms with E-state index in [2.05, 4.69) is 5.32 Å². The molecule has 0 aromatic heterocycles. The van der Waals surface area contributed by atoms with Gasteiger partial charge in [0.2, 0.25) is 0 Å². The second-order valence-corrected chi connectivity index (χ2v) is 5.76. The predicted molar refractivity (Wildman–Crippen MR) is 78.6 cm³/mol. The first-order chi connectivity index (χ1) is 8.85. The standard InChI is InChI=1S/C15H24N2O2/c1-15(2,9-10-18)11-16-14(19)12-5-7-13(8-6-12)17(3)4/h5-8,18H,9-11H2,1-4H3,(H,16,19). The lowest BCUT2D eigenvalue weighted by atomic mass is 9.89. The first-order valence-electron chi connectivity index (χ1n) is 6.52. The Kier molecular flexibility index (Phi) is 5.36. The second-order valence-electron chi connectivity index (χ2n) is 5.76. The van der Waals surface area contributed by atoms with E-state index in [1.165, 1.54) is 0 Å². The molecule has 1 aromatic rings. The summed E-state index contributed by atoms with van der Waals surface area (Å²) in [4.78, 5) is 14.0. The van der Waals surface area contributed by atoms with Crippen molar-refractivity contribution in [2.45, 2.75) is 20.3 Å². The summed E-state index contributed by atoms with van der Waals surface area (Å²) in [5.41, 5.74) is 1.64. The zero-order valence-corrected chi connectivity index (χ0v) is 12.2. The van der Waals surface area contributed by atoms with Crippen LogP contribution in [0.3, 0.4) is 0 Å². The number of hydrogen-bond acceptors (Lipinski definition) is 3. The number of carbonyl (C=O) groups excluding carboxylic acids is 1. The van der Waals surface area contributed by atoms with E-state index < -0.39 is 0 Å². The Bertz CT molecular complexity index is 411. The van der Waals surface area contributed by atoms with Gasteiger partial charge in [-0.25, -0.2) is 0 Å². The molecule has 0 bridgehead atoms. The van der Waals surface area contributed by atoms with Crippen LogP contribution in [0.15, 0.2) is 24.3 Å². The summed E-state index contributed by atoms with van der Waals surface area (Å²) < 4.78 is 0. The Morgan fingerprint density at radius 2 is 1.84 bits per heavy atom. The van der Waals surface area contributed by atoms with E-state index in [1.807, 2.05) is 57.1 Å². The van der Waals surface area contributed by atoms with Crippen molar-refractivity contribution in [3.8, 4) is 0 Å². The highest BCUT2D eigenvalue weighted by atomic mass is 16.3. The number of aliphatic hydroxyl groups is 1. The van der Waals surface area contributed by atoms with E-state index >= 15 is 0 Å². The summed E-state index contributed by atoms with van der Waals surface area (Å²) in [7, 11) is 3.93. The Morgan fingerprint density at radius 1 is 1.26 bits per heavy atom. The van der Waals surface area contributed by atoms with Crippen molar-refractivity contribution in [3.05, 3.63) is 29.8 Å². The molecule has 0 atom stereocenters. The van der Waals surface area contributed by atoms with Crippen LogP contribution in [-0.2, 0) is 0 Å². The van der Waals surface area contributed by atoms with Gasteiger partial charge in [-0.05, 0) is 36.1 Å². The van der Waals surface area contributed by atoms with E-state index in [0.717, 1.165) is 5.69 Å². The van der Waals surface area contributed by atoms with Gasteiger partial charge < -0.3 is 15.3 Å². The van der Waals surface area contributed by atoms with Crippen molar-refractivity contribution in [2.75, 3.05) is 32.1 Å². The van der Waals surface area contributed by atoms with Crippen molar-refractivity contribution in [2.24, 2.45) is 5.41 Å². The van der Waals surface area contributed by atoms with E-state index in [0.29, 0.717) is 18.5 Å². The molecule has 0 aliphatic heterocycles. The molecule has 0 saturated carbocycles. The fourth-order valence-corrected chi connectivity index (χ4v) is 1.72. The Morgan fingerprint density at radius 3 is 2.32 bits per heavy atom. The normalized spacial score (nSPS) is 11.2. The van der Waals surface area contributed by atoms with Gasteiger partial charge in [0.15, 0.2) is 0 Å². The van der Waals surface area contributed by atoms with Crippen LogP contribution < -0.4 is 10.2 Å². The van der Waals surface area contributed by atoms with Crippen LogP contribution in [0.2, 0.25) is 0 Å². The maximum absolute atomic E-state index is 12.0. The van der Waals surface area contributed by atoms with Crippen LogP contribution in [0.1, 0.15) is 30.6 Å². The quantitative estimate of drug-likeness (QED) is 0.825. The largest absolute Gasteiger partial charge is 0.396 e. The summed E-state index contributed by atoms with van der Waals surface area (Å²) in [6.45, 7) is 4.75. The zero-order chi connectivity index (χ0) is 14.5. The number of nitrogens with one attached hydrogen (secondary N) is 1. The molecular formula is C15H24N2O2. The molecule has 0 fully saturated rings. The van der Waals surface area contributed by atoms with Gasteiger partial charge in [-0.1, -0.05) is 13.8 Å². The number of aliphatic hydroxyl groups excluding tert-OH is 1. The minimum Gasteiger partial charge on any atom is -0.396 e. The maximum Gasteiger partial charge on any atom is 0.251 e. The smallest absolute Gasteiger partial charge is 0.251 e. The molecule has 0 aliphatic rings. The number of nitrogens with zero attached hydrogens (tertiary/aromatic N) is 1. The highest BCUT2D eigenvalue weighted by Crippen LogP contribution is 2.18. The van der Waals surface area contributed by atoms with Crippen molar-refractivity contribution in [3.63, 3.8) is 0 Å². The number of amides is 1. The van der Waals surface area contributed by atoms with E-state index in [9.17, 15) is 4.79 Å². The summed E-state index contributed by atoms with van der Waals surface area (Å²) in [6.07, 6.45) is 0.673. The molecular weight excluding hydrogens is 240 g/mol. The third kappa shape index (κ3) is 4.91. The third-order valence-corrected chi connectivity index (χ3v) is 3.16. The summed E-state index contributed by atoms with van der Waals surface area (Å²) in [5.74, 6) is -0.0729. The van der Waals surface area contributed by atoms with Crippen molar-refractivity contribution in [1.82, 2.24) is 5.32 Å². The van der Waals surface area contributed by atoms with Crippen LogP contribution in [0, 0.1) is 5.41 Å². The van der Waals surface area contributed by atoms with Gasteiger partial charge in [-0.3, -0.25) is 4.79 Å². The van der Waals surface area contributed by atoms with E-state index in [-0.39, 0.29) is 17.9 Å². The molecule has 0 radical (unpaired) electrons. The lowest BCUT2D eigenvalue weighted by Crippen LogP contribution is -2.34. The monoisotopic (exact) mass is 264 g/mol. The van der Waals surface area contributed by atoms with Crippen molar-refractivity contribution < 1.29 is 9.90 Å².